The number of likely N-dealkylation sites (tertiary alicyclic amines) is 1. The molecule has 8 heteroatoms. The van der Waals surface area contributed by atoms with Crippen molar-refractivity contribution in [3.05, 3.63) is 94.2 Å². The molecule has 1 fully saturated rings. The van der Waals surface area contributed by atoms with Crippen LogP contribution < -0.4 is 10.3 Å². The molecule has 32 heavy (non-hydrogen) atoms. The lowest BCUT2D eigenvalue weighted by atomic mass is 9.83. The Bertz CT molecular complexity index is 1290. The normalized spacial score (nSPS) is 20.5. The Hall–Kier alpha value is -2.97. The van der Waals surface area contributed by atoms with Crippen LogP contribution in [0.2, 0.25) is 0 Å². The fraction of sp³-hybridized carbons (Fsp3) is 0.292. The van der Waals surface area contributed by atoms with E-state index in [-0.39, 0.29) is 27.9 Å². The Balaban J connectivity index is 1.37. The third kappa shape index (κ3) is 4.08. The first-order valence-corrected chi connectivity index (χ1v) is 12.2. The molecule has 2 aromatic carbocycles. The summed E-state index contributed by atoms with van der Waals surface area (Å²) < 4.78 is 42.7. The maximum atomic E-state index is 13.2. The van der Waals surface area contributed by atoms with E-state index in [2.05, 4.69) is 9.62 Å². The van der Waals surface area contributed by atoms with E-state index in [1.165, 1.54) is 24.3 Å². The molecule has 6 nitrogen and oxygen atoms in total. The van der Waals surface area contributed by atoms with E-state index >= 15 is 0 Å². The van der Waals surface area contributed by atoms with E-state index in [1.54, 1.807) is 28.8 Å². The van der Waals surface area contributed by atoms with Crippen molar-refractivity contribution in [1.82, 2.24) is 9.47 Å². The highest BCUT2D eigenvalue weighted by Crippen LogP contribution is 2.36. The van der Waals surface area contributed by atoms with Gasteiger partial charge < -0.3 is 4.57 Å². The zero-order valence-electron chi connectivity index (χ0n) is 17.4. The Morgan fingerprint density at radius 1 is 0.938 bits per heavy atom. The van der Waals surface area contributed by atoms with Crippen molar-refractivity contribution in [1.29, 1.82) is 0 Å². The third-order valence-corrected chi connectivity index (χ3v) is 7.68. The number of rotatable bonds is 5. The molecule has 3 aromatic rings. The number of nitrogens with zero attached hydrogens (tertiary/aromatic N) is 2. The van der Waals surface area contributed by atoms with Crippen LogP contribution in [0.3, 0.4) is 0 Å². The second kappa shape index (κ2) is 8.18. The standard InChI is InChI=1S/C24H24FN3O3S/c25-20-8-6-17(7-9-20)13-27-14-18-12-19(16-27)23-11-10-22(24(29)28(23)15-18)26-32(30,31)21-4-2-1-3-5-21/h1-11,18-19,26H,12-16H2. The summed E-state index contributed by atoms with van der Waals surface area (Å²) in [5, 5.41) is 0. The number of nitrogens with one attached hydrogen (secondary N) is 1. The Morgan fingerprint density at radius 3 is 2.44 bits per heavy atom. The lowest BCUT2D eigenvalue weighted by Crippen LogP contribution is -2.47. The molecule has 0 amide bonds. The van der Waals surface area contributed by atoms with E-state index in [4.69, 9.17) is 0 Å². The molecule has 5 rings (SSSR count). The lowest BCUT2D eigenvalue weighted by Gasteiger charge is -2.43. The van der Waals surface area contributed by atoms with Crippen LogP contribution in [-0.2, 0) is 23.1 Å². The number of hydrogen-bond donors (Lipinski definition) is 1. The van der Waals surface area contributed by atoms with Gasteiger partial charge in [0.2, 0.25) is 0 Å². The van der Waals surface area contributed by atoms with Gasteiger partial charge in [-0.1, -0.05) is 30.3 Å². The molecule has 2 aliphatic rings. The number of aromatic nitrogens is 1. The summed E-state index contributed by atoms with van der Waals surface area (Å²) in [5.74, 6) is 0.270. The number of fused-ring (bicyclic) bond motifs is 4. The molecule has 0 aliphatic carbocycles. The van der Waals surface area contributed by atoms with Crippen molar-refractivity contribution in [2.75, 3.05) is 17.8 Å². The van der Waals surface area contributed by atoms with Gasteiger partial charge in [-0.05, 0) is 54.3 Å². The smallest absolute Gasteiger partial charge is 0.275 e. The van der Waals surface area contributed by atoms with Crippen molar-refractivity contribution in [3.63, 3.8) is 0 Å². The van der Waals surface area contributed by atoms with Crippen LogP contribution in [-0.4, -0.2) is 31.0 Å². The monoisotopic (exact) mass is 453 g/mol. The van der Waals surface area contributed by atoms with Gasteiger partial charge >= 0.3 is 0 Å². The molecular weight excluding hydrogens is 429 g/mol. The highest BCUT2D eigenvalue weighted by molar-refractivity contribution is 7.92. The third-order valence-electron chi connectivity index (χ3n) is 6.30. The van der Waals surface area contributed by atoms with E-state index in [1.807, 2.05) is 18.2 Å². The Kier molecular flexibility index (Phi) is 5.35. The van der Waals surface area contributed by atoms with Crippen molar-refractivity contribution in [2.45, 2.75) is 30.3 Å². The van der Waals surface area contributed by atoms with Crippen LogP contribution in [0.25, 0.3) is 0 Å². The number of hydrogen-bond acceptors (Lipinski definition) is 4. The average molecular weight is 454 g/mol. The fourth-order valence-electron chi connectivity index (χ4n) is 4.90. The number of piperidine rings is 1. The first kappa shape index (κ1) is 20.9. The highest BCUT2D eigenvalue weighted by Gasteiger charge is 2.35. The predicted molar refractivity (Wildman–Crippen MR) is 120 cm³/mol. The minimum Gasteiger partial charge on any atom is -0.310 e. The van der Waals surface area contributed by atoms with Crippen molar-refractivity contribution < 1.29 is 12.8 Å². The van der Waals surface area contributed by atoms with Crippen LogP contribution in [0.5, 0.6) is 0 Å². The molecule has 2 aliphatic heterocycles. The van der Waals surface area contributed by atoms with Crippen molar-refractivity contribution in [3.8, 4) is 0 Å². The molecule has 0 spiro atoms. The molecule has 0 saturated carbocycles. The van der Waals surface area contributed by atoms with Gasteiger partial charge in [-0.2, -0.15) is 0 Å². The van der Waals surface area contributed by atoms with Crippen LogP contribution >= 0.6 is 0 Å². The van der Waals surface area contributed by atoms with Crippen molar-refractivity contribution in [2.24, 2.45) is 5.92 Å². The molecule has 1 saturated heterocycles. The van der Waals surface area contributed by atoms with Crippen LogP contribution in [0.15, 0.2) is 76.4 Å². The molecule has 3 heterocycles. The zero-order chi connectivity index (χ0) is 22.3. The Labute approximate surface area is 186 Å². The second-order valence-corrected chi connectivity index (χ2v) is 10.3. The van der Waals surface area contributed by atoms with Gasteiger partial charge in [0.15, 0.2) is 0 Å². The summed E-state index contributed by atoms with van der Waals surface area (Å²) >= 11 is 0. The zero-order valence-corrected chi connectivity index (χ0v) is 18.3. The molecule has 2 bridgehead atoms. The van der Waals surface area contributed by atoms with Gasteiger partial charge in [-0.15, -0.1) is 0 Å². The van der Waals surface area contributed by atoms with E-state index in [9.17, 15) is 17.6 Å². The van der Waals surface area contributed by atoms with Crippen LogP contribution in [0, 0.1) is 11.7 Å². The quantitative estimate of drug-likeness (QED) is 0.643. The number of sulfonamides is 1. The second-order valence-electron chi connectivity index (χ2n) is 8.63. The maximum absolute atomic E-state index is 13.2. The minimum absolute atomic E-state index is 0.0701. The first-order chi connectivity index (χ1) is 15.4. The van der Waals surface area contributed by atoms with Crippen LogP contribution in [0.1, 0.15) is 23.6 Å². The summed E-state index contributed by atoms with van der Waals surface area (Å²) in [6, 6.07) is 18.1. The minimum atomic E-state index is -3.83. The first-order valence-electron chi connectivity index (χ1n) is 10.7. The average Bonchev–Trinajstić information content (AvgIpc) is 2.78. The van der Waals surface area contributed by atoms with E-state index in [0.29, 0.717) is 12.5 Å². The highest BCUT2D eigenvalue weighted by atomic mass is 32.2. The molecule has 2 unspecified atom stereocenters. The molecule has 166 valence electrons. The topological polar surface area (TPSA) is 71.4 Å². The van der Waals surface area contributed by atoms with Gasteiger partial charge in [-0.3, -0.25) is 14.4 Å². The molecule has 1 aromatic heterocycles. The number of anilines is 1. The summed E-state index contributed by atoms with van der Waals surface area (Å²) in [6.45, 7) is 2.96. The summed E-state index contributed by atoms with van der Waals surface area (Å²) in [5.41, 5.74) is 1.77. The van der Waals surface area contributed by atoms with E-state index in [0.717, 1.165) is 37.3 Å². The predicted octanol–water partition coefficient (Wildman–Crippen LogP) is 3.41. The SMILES string of the molecule is O=c1c(NS(=O)(=O)c2ccccc2)ccc2n1CC1CC2CN(Cc2ccc(F)cc2)C1. The largest absolute Gasteiger partial charge is 0.310 e. The summed E-state index contributed by atoms with van der Waals surface area (Å²) in [6.07, 6.45) is 1.01. The van der Waals surface area contributed by atoms with Gasteiger partial charge in [-0.25, -0.2) is 12.8 Å². The summed E-state index contributed by atoms with van der Waals surface area (Å²) in [4.78, 5) is 15.6. The Morgan fingerprint density at radius 2 is 1.69 bits per heavy atom. The van der Waals surface area contributed by atoms with Crippen LogP contribution in [0.4, 0.5) is 10.1 Å². The number of benzene rings is 2. The van der Waals surface area contributed by atoms with Gasteiger partial charge in [0.1, 0.15) is 11.5 Å². The van der Waals surface area contributed by atoms with Gasteiger partial charge in [0.05, 0.1) is 4.90 Å². The van der Waals surface area contributed by atoms with E-state index < -0.39 is 10.0 Å². The molecule has 2 atom stereocenters. The maximum Gasteiger partial charge on any atom is 0.275 e. The lowest BCUT2D eigenvalue weighted by molar-refractivity contribution is 0.114. The number of pyridine rings is 1. The molecular formula is C24H24FN3O3S. The molecule has 1 N–H and O–H groups in total. The number of halogens is 1. The van der Waals surface area contributed by atoms with Crippen molar-refractivity contribution >= 4 is 15.7 Å². The van der Waals surface area contributed by atoms with Gasteiger partial charge in [0.25, 0.3) is 15.6 Å². The van der Waals surface area contributed by atoms with Gasteiger partial charge in [0, 0.05) is 37.8 Å². The fourth-order valence-corrected chi connectivity index (χ4v) is 5.98. The summed E-state index contributed by atoms with van der Waals surface area (Å²) in [7, 11) is -3.83. The molecule has 0 radical (unpaired) electrons.